The summed E-state index contributed by atoms with van der Waals surface area (Å²) in [5, 5.41) is 28.0. The number of imidazole rings is 1. The van der Waals surface area contributed by atoms with Gasteiger partial charge in [-0.3, -0.25) is 4.79 Å². The lowest BCUT2D eigenvalue weighted by Gasteiger charge is -2.14. The number of aromatic amines is 1. The molecule has 0 bridgehead atoms. The number of aliphatic hydroxyl groups is 3. The van der Waals surface area contributed by atoms with Gasteiger partial charge >= 0.3 is 0 Å². The standard InChI is InChI=1S/C9H14N4O6/c10-6-3(7(11)17)12-9(13-6)19-8-5(16)4(15)2(1-14)18-8/h2,4-5,8,14-16H,1,10H2,(H2,11,17)(H,12,13)/t2-,4-,5-,8+/m1/s1. The first kappa shape index (κ1) is 13.5. The highest BCUT2D eigenvalue weighted by atomic mass is 16.7. The molecule has 1 amide bonds. The quantitative estimate of drug-likeness (QED) is 0.334. The maximum Gasteiger partial charge on any atom is 0.298 e. The molecule has 0 aromatic carbocycles. The fourth-order valence-electron chi connectivity index (χ4n) is 1.68. The number of nitrogens with zero attached hydrogens (tertiary/aromatic N) is 1. The van der Waals surface area contributed by atoms with Crippen molar-refractivity contribution < 1.29 is 29.6 Å². The first-order valence-corrected chi connectivity index (χ1v) is 5.38. The number of nitrogens with one attached hydrogen (secondary N) is 1. The molecule has 10 nitrogen and oxygen atoms in total. The predicted octanol–water partition coefficient (Wildman–Crippen LogP) is -3.09. The van der Waals surface area contributed by atoms with Crippen molar-refractivity contribution >= 4 is 11.7 Å². The highest BCUT2D eigenvalue weighted by molar-refractivity contribution is 5.95. The summed E-state index contributed by atoms with van der Waals surface area (Å²) >= 11 is 0. The van der Waals surface area contributed by atoms with Crippen molar-refractivity contribution in [1.29, 1.82) is 0 Å². The maximum absolute atomic E-state index is 10.9. The first-order chi connectivity index (χ1) is 8.93. The molecular weight excluding hydrogens is 260 g/mol. The van der Waals surface area contributed by atoms with Gasteiger partial charge in [0.2, 0.25) is 6.29 Å². The Bertz CT molecular complexity index is 477. The summed E-state index contributed by atoms with van der Waals surface area (Å²) in [5.41, 5.74) is 10.3. The molecule has 0 spiro atoms. The van der Waals surface area contributed by atoms with Crippen LogP contribution in [0.15, 0.2) is 0 Å². The molecule has 10 heteroatoms. The number of carbonyl (C=O) groups is 1. The zero-order valence-corrected chi connectivity index (χ0v) is 9.68. The van der Waals surface area contributed by atoms with Crippen LogP contribution in [0.25, 0.3) is 0 Å². The normalized spacial score (nSPS) is 30.5. The Balaban J connectivity index is 2.10. The van der Waals surface area contributed by atoms with Crippen molar-refractivity contribution in [2.75, 3.05) is 12.3 Å². The number of primary amides is 1. The third kappa shape index (κ3) is 2.46. The number of hydrogen-bond donors (Lipinski definition) is 6. The number of aromatic nitrogens is 2. The Morgan fingerprint density at radius 2 is 2.16 bits per heavy atom. The molecule has 1 aliphatic heterocycles. The summed E-state index contributed by atoms with van der Waals surface area (Å²) in [6, 6.07) is -0.193. The highest BCUT2D eigenvalue weighted by Gasteiger charge is 2.44. The Labute approximate surface area is 106 Å². The Kier molecular flexibility index (Phi) is 3.57. The second-order valence-electron chi connectivity index (χ2n) is 3.99. The summed E-state index contributed by atoms with van der Waals surface area (Å²) in [7, 11) is 0. The van der Waals surface area contributed by atoms with E-state index in [2.05, 4.69) is 9.97 Å². The Morgan fingerprint density at radius 3 is 2.63 bits per heavy atom. The third-order valence-corrected chi connectivity index (χ3v) is 2.68. The summed E-state index contributed by atoms with van der Waals surface area (Å²) in [5.74, 6) is -0.977. The fourth-order valence-corrected chi connectivity index (χ4v) is 1.68. The van der Waals surface area contributed by atoms with Crippen LogP contribution in [0.2, 0.25) is 0 Å². The number of H-pyrrole nitrogens is 1. The van der Waals surface area contributed by atoms with Gasteiger partial charge in [0.1, 0.15) is 18.3 Å². The van der Waals surface area contributed by atoms with Crippen molar-refractivity contribution in [2.45, 2.75) is 24.6 Å². The lowest BCUT2D eigenvalue weighted by molar-refractivity contribution is -0.119. The van der Waals surface area contributed by atoms with E-state index in [4.69, 9.17) is 26.0 Å². The maximum atomic E-state index is 10.9. The van der Waals surface area contributed by atoms with Crippen LogP contribution in [-0.4, -0.2) is 62.4 Å². The molecule has 0 saturated carbocycles. The van der Waals surface area contributed by atoms with Gasteiger partial charge < -0.3 is 41.2 Å². The largest absolute Gasteiger partial charge is 0.432 e. The molecule has 4 atom stereocenters. The zero-order chi connectivity index (χ0) is 14.2. The number of carbonyl (C=O) groups excluding carboxylic acids is 1. The van der Waals surface area contributed by atoms with Gasteiger partial charge in [0.25, 0.3) is 11.9 Å². The van der Waals surface area contributed by atoms with Gasteiger partial charge in [-0.2, -0.15) is 4.98 Å². The number of anilines is 1. The van der Waals surface area contributed by atoms with E-state index in [9.17, 15) is 15.0 Å². The second kappa shape index (κ2) is 5.01. The Morgan fingerprint density at radius 1 is 1.47 bits per heavy atom. The monoisotopic (exact) mass is 274 g/mol. The number of rotatable bonds is 4. The van der Waals surface area contributed by atoms with E-state index in [1.807, 2.05) is 0 Å². The van der Waals surface area contributed by atoms with Gasteiger partial charge in [-0.1, -0.05) is 0 Å². The number of nitrogen functional groups attached to an aromatic ring is 1. The van der Waals surface area contributed by atoms with Gasteiger partial charge in [-0.05, 0) is 0 Å². The minimum absolute atomic E-state index is 0.137. The molecule has 2 heterocycles. The third-order valence-electron chi connectivity index (χ3n) is 2.68. The molecule has 1 aromatic heterocycles. The number of hydrogen-bond acceptors (Lipinski definition) is 8. The van der Waals surface area contributed by atoms with E-state index < -0.39 is 37.1 Å². The van der Waals surface area contributed by atoms with E-state index in [1.165, 1.54) is 0 Å². The molecule has 19 heavy (non-hydrogen) atoms. The minimum atomic E-state index is -1.37. The van der Waals surface area contributed by atoms with Gasteiger partial charge in [0, 0.05) is 0 Å². The van der Waals surface area contributed by atoms with Crippen LogP contribution in [0.3, 0.4) is 0 Å². The van der Waals surface area contributed by atoms with E-state index >= 15 is 0 Å². The average Bonchev–Trinajstić information content (AvgIpc) is 2.84. The zero-order valence-electron chi connectivity index (χ0n) is 9.68. The van der Waals surface area contributed by atoms with Gasteiger partial charge in [0.05, 0.1) is 6.61 Å². The first-order valence-electron chi connectivity index (χ1n) is 5.38. The fraction of sp³-hybridized carbons (Fsp3) is 0.556. The van der Waals surface area contributed by atoms with E-state index in [-0.39, 0.29) is 17.5 Å². The SMILES string of the molecule is NC(=O)c1[nH]c(O[C@@H]2O[C@H](CO)[C@@H](O)[C@H]2O)nc1N. The molecule has 1 saturated heterocycles. The van der Waals surface area contributed by atoms with Crippen LogP contribution >= 0.6 is 0 Å². The predicted molar refractivity (Wildman–Crippen MR) is 59.9 cm³/mol. The summed E-state index contributed by atoms with van der Waals surface area (Å²) in [4.78, 5) is 17.0. The van der Waals surface area contributed by atoms with Crippen LogP contribution < -0.4 is 16.2 Å². The second-order valence-corrected chi connectivity index (χ2v) is 3.99. The lowest BCUT2D eigenvalue weighted by Crippen LogP contribution is -2.35. The summed E-state index contributed by atoms with van der Waals surface area (Å²) < 4.78 is 10.2. The van der Waals surface area contributed by atoms with Gasteiger partial charge in [0.15, 0.2) is 11.5 Å². The average molecular weight is 274 g/mol. The van der Waals surface area contributed by atoms with Crippen molar-refractivity contribution in [3.05, 3.63) is 5.69 Å². The number of aliphatic hydroxyl groups excluding tert-OH is 3. The van der Waals surface area contributed by atoms with Crippen LogP contribution in [-0.2, 0) is 4.74 Å². The molecule has 0 unspecified atom stereocenters. The summed E-state index contributed by atoms with van der Waals surface area (Å²) in [6.45, 7) is -0.481. The van der Waals surface area contributed by atoms with Crippen LogP contribution in [0.4, 0.5) is 5.82 Å². The van der Waals surface area contributed by atoms with E-state index in [1.54, 1.807) is 0 Å². The molecule has 0 aliphatic carbocycles. The molecule has 0 radical (unpaired) electrons. The van der Waals surface area contributed by atoms with Gasteiger partial charge in [-0.25, -0.2) is 0 Å². The molecule has 1 aliphatic rings. The van der Waals surface area contributed by atoms with E-state index in [0.717, 1.165) is 0 Å². The van der Waals surface area contributed by atoms with Crippen molar-refractivity contribution in [3.8, 4) is 6.01 Å². The van der Waals surface area contributed by atoms with Crippen molar-refractivity contribution in [2.24, 2.45) is 5.73 Å². The van der Waals surface area contributed by atoms with Crippen LogP contribution in [0.1, 0.15) is 10.5 Å². The summed E-state index contributed by atoms with van der Waals surface area (Å²) in [6.07, 6.45) is -4.89. The molecule has 106 valence electrons. The number of ether oxygens (including phenoxy) is 2. The van der Waals surface area contributed by atoms with Crippen LogP contribution in [0.5, 0.6) is 6.01 Å². The van der Waals surface area contributed by atoms with Crippen LogP contribution in [0, 0.1) is 0 Å². The minimum Gasteiger partial charge on any atom is -0.432 e. The topological polar surface area (TPSA) is 177 Å². The smallest absolute Gasteiger partial charge is 0.298 e. The van der Waals surface area contributed by atoms with Crippen molar-refractivity contribution in [1.82, 2.24) is 9.97 Å². The Hall–Kier alpha value is -1.88. The van der Waals surface area contributed by atoms with E-state index in [0.29, 0.717) is 0 Å². The molecular formula is C9H14N4O6. The molecule has 2 rings (SSSR count). The number of nitrogens with two attached hydrogens (primary N) is 2. The van der Waals surface area contributed by atoms with Gasteiger partial charge in [-0.15, -0.1) is 0 Å². The number of amides is 1. The van der Waals surface area contributed by atoms with Crippen molar-refractivity contribution in [3.63, 3.8) is 0 Å². The molecule has 1 fully saturated rings. The highest BCUT2D eigenvalue weighted by Crippen LogP contribution is 2.24. The lowest BCUT2D eigenvalue weighted by atomic mass is 10.1. The molecule has 1 aromatic rings. The molecule has 8 N–H and O–H groups in total.